The number of aromatic nitrogens is 5. The molecule has 0 bridgehead atoms. The number of halogens is 4. The Balaban J connectivity index is 0.000000187. The number of hydrogen-bond donors (Lipinski definition) is 2. The summed E-state index contributed by atoms with van der Waals surface area (Å²) in [4.78, 5) is 24.7. The van der Waals surface area contributed by atoms with Gasteiger partial charge >= 0.3 is 19.5 Å². The Morgan fingerprint density at radius 1 is 0.640 bits per heavy atom. The van der Waals surface area contributed by atoms with E-state index in [2.05, 4.69) is 35.2 Å². The minimum absolute atomic E-state index is 0. The zero-order chi connectivity index (χ0) is 34.4. The van der Waals surface area contributed by atoms with Gasteiger partial charge in [-0.1, -0.05) is 36.4 Å². The molecule has 0 aliphatic carbocycles. The molecule has 1 radical (unpaired) electrons. The van der Waals surface area contributed by atoms with Gasteiger partial charge < -0.3 is 15.4 Å². The molecule has 13 heteroatoms. The SMILES string of the molecule is OCCNc1c(F)c(F)c(/C(=C2\C=CC=N2)c2ccc[n-]2)c(F)c1F.[Ru+].c1ccc(-c2ccccn2)nc1.c1ccc(-c2ccccn2)nc1. The third-order valence-corrected chi connectivity index (χ3v) is 6.73. The quantitative estimate of drug-likeness (QED) is 0.0999. The molecule has 253 valence electrons. The van der Waals surface area contributed by atoms with E-state index in [1.807, 2.05) is 72.8 Å². The minimum atomic E-state index is -1.59. The van der Waals surface area contributed by atoms with E-state index in [0.29, 0.717) is 0 Å². The van der Waals surface area contributed by atoms with Crippen molar-refractivity contribution >= 4 is 17.5 Å². The van der Waals surface area contributed by atoms with Gasteiger partial charge in [0.2, 0.25) is 0 Å². The fraction of sp³-hybridized carbons (Fsp3) is 0.0541. The fourth-order valence-corrected chi connectivity index (χ4v) is 4.53. The minimum Gasteiger partial charge on any atom is -0.664 e. The van der Waals surface area contributed by atoms with Crippen LogP contribution >= 0.6 is 0 Å². The Morgan fingerprint density at radius 2 is 1.12 bits per heavy atom. The van der Waals surface area contributed by atoms with Crippen molar-refractivity contribution in [1.82, 2.24) is 24.9 Å². The first kappa shape index (κ1) is 37.2. The maximum atomic E-state index is 14.6. The van der Waals surface area contributed by atoms with Gasteiger partial charge in [-0.05, 0) is 66.3 Å². The summed E-state index contributed by atoms with van der Waals surface area (Å²) in [6.45, 7) is -0.729. The van der Waals surface area contributed by atoms with Crippen molar-refractivity contribution in [3.05, 3.63) is 168 Å². The van der Waals surface area contributed by atoms with E-state index in [0.717, 1.165) is 22.8 Å². The second-order valence-corrected chi connectivity index (χ2v) is 9.94. The molecule has 1 aromatic carbocycles. The largest absolute Gasteiger partial charge is 1.00 e. The van der Waals surface area contributed by atoms with Gasteiger partial charge in [0.25, 0.3) is 0 Å². The number of hydrogen-bond acceptors (Lipinski definition) is 7. The Morgan fingerprint density at radius 3 is 1.46 bits per heavy atom. The van der Waals surface area contributed by atoms with Crippen molar-refractivity contribution in [2.75, 3.05) is 18.5 Å². The van der Waals surface area contributed by atoms with Gasteiger partial charge in [-0.25, -0.2) is 17.6 Å². The Bertz CT molecular complexity index is 1840. The zero-order valence-electron chi connectivity index (χ0n) is 26.1. The maximum absolute atomic E-state index is 14.6. The van der Waals surface area contributed by atoms with Crippen LogP contribution in [0.3, 0.4) is 0 Å². The smallest absolute Gasteiger partial charge is 0.664 e. The van der Waals surface area contributed by atoms with Crippen LogP contribution in [0.2, 0.25) is 0 Å². The number of allylic oxidation sites excluding steroid dienone is 2. The molecule has 50 heavy (non-hydrogen) atoms. The summed E-state index contributed by atoms with van der Waals surface area (Å²) in [7, 11) is 0. The topological polar surface area (TPSA) is 110 Å². The van der Waals surface area contributed by atoms with E-state index in [-0.39, 0.29) is 43.0 Å². The monoisotopic (exact) mass is 764 g/mol. The van der Waals surface area contributed by atoms with Crippen molar-refractivity contribution in [3.63, 3.8) is 0 Å². The standard InChI is InChI=1S/C17H12F4N3O.2C10H8N2.Ru/c18-13-12(14(19)16(21)17(15(13)20)24-7-8-25)11(9-3-1-5-22-9)10-4-2-6-23-10;2*1-3-7-11-9(5-1)10-6-2-4-8-12-10;/h1-6,24-25H,7-8H2;2*1-8H;/q-1;;;+1/b11-9+;;;. The summed E-state index contributed by atoms with van der Waals surface area (Å²) in [6, 6.07) is 26.2. The van der Waals surface area contributed by atoms with Crippen LogP contribution in [-0.4, -0.2) is 44.4 Å². The number of aliphatic hydroxyl groups is 1. The van der Waals surface area contributed by atoms with E-state index < -0.39 is 41.1 Å². The van der Waals surface area contributed by atoms with Crippen molar-refractivity contribution < 1.29 is 42.1 Å². The number of nitrogens with one attached hydrogen (secondary N) is 1. The molecule has 6 aromatic rings. The average Bonchev–Trinajstić information content (AvgIpc) is 3.91. The first-order valence-corrected chi connectivity index (χ1v) is 14.9. The molecular formula is C37H28F4N7ORu. The maximum Gasteiger partial charge on any atom is 1.00 e. The molecule has 0 spiro atoms. The Kier molecular flexibility index (Phi) is 14.0. The van der Waals surface area contributed by atoms with Gasteiger partial charge in [-0.3, -0.25) is 24.9 Å². The first-order chi connectivity index (χ1) is 24.0. The van der Waals surface area contributed by atoms with E-state index in [1.165, 1.54) is 36.7 Å². The molecule has 1 aliphatic rings. The number of benzene rings is 1. The van der Waals surface area contributed by atoms with Crippen molar-refractivity contribution in [2.45, 2.75) is 0 Å². The van der Waals surface area contributed by atoms with Crippen LogP contribution in [0, 0.1) is 23.3 Å². The molecule has 0 fully saturated rings. The predicted octanol–water partition coefficient (Wildman–Crippen LogP) is 7.29. The molecule has 6 heterocycles. The second-order valence-electron chi connectivity index (χ2n) is 9.94. The predicted molar refractivity (Wildman–Crippen MR) is 180 cm³/mol. The van der Waals surface area contributed by atoms with Crippen LogP contribution in [0.5, 0.6) is 0 Å². The molecular weight excluding hydrogens is 736 g/mol. The average molecular weight is 764 g/mol. The molecule has 0 unspecified atom stereocenters. The number of aliphatic hydroxyl groups excluding tert-OH is 1. The van der Waals surface area contributed by atoms with Crippen molar-refractivity contribution in [2.24, 2.45) is 4.99 Å². The van der Waals surface area contributed by atoms with Crippen LogP contribution in [-0.2, 0) is 19.5 Å². The molecule has 7 rings (SSSR count). The van der Waals surface area contributed by atoms with Gasteiger partial charge in [0.05, 0.1) is 40.6 Å². The van der Waals surface area contributed by atoms with Gasteiger partial charge in [-0.2, -0.15) is 6.20 Å². The van der Waals surface area contributed by atoms with E-state index >= 15 is 0 Å². The van der Waals surface area contributed by atoms with Crippen molar-refractivity contribution in [3.8, 4) is 22.8 Å². The molecule has 0 atom stereocenters. The summed E-state index contributed by atoms with van der Waals surface area (Å²) in [5.74, 6) is -6.31. The van der Waals surface area contributed by atoms with E-state index in [1.54, 1.807) is 24.8 Å². The molecule has 8 nitrogen and oxygen atoms in total. The summed E-state index contributed by atoms with van der Waals surface area (Å²) in [5, 5.41) is 10.9. The van der Waals surface area contributed by atoms with Gasteiger partial charge in [0.15, 0.2) is 23.3 Å². The summed E-state index contributed by atoms with van der Waals surface area (Å²) < 4.78 is 57.8. The zero-order valence-corrected chi connectivity index (χ0v) is 27.8. The normalized spacial score (nSPS) is 12.2. The molecule has 1 aliphatic heterocycles. The third kappa shape index (κ3) is 9.28. The van der Waals surface area contributed by atoms with Gasteiger partial charge in [0.1, 0.15) is 5.69 Å². The number of rotatable bonds is 7. The molecule has 0 amide bonds. The van der Waals surface area contributed by atoms with Crippen molar-refractivity contribution in [1.29, 1.82) is 0 Å². The first-order valence-electron chi connectivity index (χ1n) is 14.9. The van der Waals surface area contributed by atoms with Gasteiger partial charge in [-0.15, -0.1) is 5.69 Å². The molecule has 0 saturated heterocycles. The van der Waals surface area contributed by atoms with Crippen LogP contribution in [0.4, 0.5) is 23.2 Å². The van der Waals surface area contributed by atoms with Gasteiger partial charge in [0, 0.05) is 37.5 Å². The number of aliphatic imine (C=N–C) groups is 1. The Hall–Kier alpha value is -5.65. The van der Waals surface area contributed by atoms with E-state index in [4.69, 9.17) is 5.11 Å². The van der Waals surface area contributed by atoms with Crippen LogP contribution < -0.4 is 10.3 Å². The second kappa shape index (κ2) is 18.8. The molecule has 0 saturated carbocycles. The van der Waals surface area contributed by atoms with Crippen LogP contribution in [0.15, 0.2) is 139 Å². The number of anilines is 1. The fourth-order valence-electron chi connectivity index (χ4n) is 4.53. The van der Waals surface area contributed by atoms with Crippen LogP contribution in [0.25, 0.3) is 28.3 Å². The van der Waals surface area contributed by atoms with E-state index in [9.17, 15) is 17.6 Å². The number of pyridine rings is 4. The summed E-state index contributed by atoms with van der Waals surface area (Å²) in [6.07, 6.45) is 12.8. The summed E-state index contributed by atoms with van der Waals surface area (Å²) >= 11 is 0. The summed E-state index contributed by atoms with van der Waals surface area (Å²) in [5.41, 5.74) is 1.90. The third-order valence-electron chi connectivity index (χ3n) is 6.73. The Labute approximate surface area is 298 Å². The van der Waals surface area contributed by atoms with Crippen LogP contribution in [0.1, 0.15) is 11.3 Å². The molecule has 5 aromatic heterocycles. The number of nitrogens with zero attached hydrogens (tertiary/aromatic N) is 6. The molecule has 2 N–H and O–H groups in total.